The quantitative estimate of drug-likeness (QED) is 0.678. The molecule has 6 nitrogen and oxygen atoms in total. The van der Waals surface area contributed by atoms with Gasteiger partial charge in [0, 0.05) is 4.88 Å². The third-order valence-corrected chi connectivity index (χ3v) is 7.12. The Hall–Kier alpha value is -2.67. The first-order valence-electron chi connectivity index (χ1n) is 10.2. The Kier molecular flexibility index (Phi) is 5.40. The molecule has 0 spiro atoms. The van der Waals surface area contributed by atoms with Crippen molar-refractivity contribution in [2.45, 2.75) is 46.6 Å². The number of methoxy groups -OCH3 is 1. The molecule has 1 aliphatic rings. The maximum absolute atomic E-state index is 13.2. The molecule has 0 radical (unpaired) electrons. The fourth-order valence-corrected chi connectivity index (χ4v) is 5.40. The van der Waals surface area contributed by atoms with Crippen molar-refractivity contribution >= 4 is 33.1 Å². The molecule has 4 rings (SSSR count). The van der Waals surface area contributed by atoms with Gasteiger partial charge < -0.3 is 10.1 Å². The van der Waals surface area contributed by atoms with Crippen LogP contribution in [0, 0.1) is 11.3 Å². The Morgan fingerprint density at radius 1 is 1.33 bits per heavy atom. The molecule has 0 bridgehead atoms. The van der Waals surface area contributed by atoms with Crippen LogP contribution < -0.4 is 15.6 Å². The Morgan fingerprint density at radius 2 is 2.10 bits per heavy atom. The number of nitrogens with zero attached hydrogens (tertiary/aromatic N) is 2. The Balaban J connectivity index is 1.60. The minimum Gasteiger partial charge on any atom is -0.495 e. The van der Waals surface area contributed by atoms with Crippen LogP contribution in [-0.4, -0.2) is 22.6 Å². The summed E-state index contributed by atoms with van der Waals surface area (Å²) in [6, 6.07) is 7.20. The molecule has 1 unspecified atom stereocenters. The number of carbonyl (C=O) groups is 1. The van der Waals surface area contributed by atoms with Crippen LogP contribution in [-0.2, 0) is 24.2 Å². The van der Waals surface area contributed by atoms with Gasteiger partial charge in [0.15, 0.2) is 0 Å². The highest BCUT2D eigenvalue weighted by molar-refractivity contribution is 7.18. The standard InChI is InChI=1S/C23H27N3O3S/c1-23(2,3)14-9-10-15-18(11-14)30-21-20(15)22(28)26(13-24-21)12-19(27)25-16-7-5-6-8-17(16)29-4/h5-8,13-14H,9-12H2,1-4H3,(H,25,27). The molecule has 2 aromatic heterocycles. The van der Waals surface area contributed by atoms with Crippen molar-refractivity contribution in [3.8, 4) is 5.75 Å². The van der Waals surface area contributed by atoms with Crippen LogP contribution in [0.2, 0.25) is 0 Å². The maximum atomic E-state index is 13.2. The van der Waals surface area contributed by atoms with E-state index in [0.717, 1.165) is 29.7 Å². The van der Waals surface area contributed by atoms with Gasteiger partial charge in [0.2, 0.25) is 5.91 Å². The Morgan fingerprint density at radius 3 is 2.83 bits per heavy atom. The molecule has 30 heavy (non-hydrogen) atoms. The molecular weight excluding hydrogens is 398 g/mol. The fourth-order valence-electron chi connectivity index (χ4n) is 4.15. The number of para-hydroxylation sites is 2. The minimum atomic E-state index is -0.292. The van der Waals surface area contributed by atoms with Crippen molar-refractivity contribution in [1.29, 1.82) is 0 Å². The third-order valence-electron chi connectivity index (χ3n) is 5.96. The summed E-state index contributed by atoms with van der Waals surface area (Å²) < 4.78 is 6.67. The van der Waals surface area contributed by atoms with Crippen molar-refractivity contribution < 1.29 is 9.53 Å². The van der Waals surface area contributed by atoms with Crippen LogP contribution in [0.4, 0.5) is 5.69 Å². The first-order valence-corrected chi connectivity index (χ1v) is 11.0. The van der Waals surface area contributed by atoms with E-state index in [9.17, 15) is 9.59 Å². The summed E-state index contributed by atoms with van der Waals surface area (Å²) in [6.45, 7) is 6.75. The molecule has 1 aromatic carbocycles. The van der Waals surface area contributed by atoms with Crippen molar-refractivity contribution in [2.24, 2.45) is 11.3 Å². The van der Waals surface area contributed by atoms with Crippen LogP contribution >= 0.6 is 11.3 Å². The molecule has 0 saturated heterocycles. The largest absolute Gasteiger partial charge is 0.495 e. The van der Waals surface area contributed by atoms with Crippen molar-refractivity contribution in [3.63, 3.8) is 0 Å². The fraction of sp³-hybridized carbons (Fsp3) is 0.435. The number of aromatic nitrogens is 2. The zero-order valence-corrected chi connectivity index (χ0v) is 18.6. The first kappa shape index (κ1) is 20.6. The highest BCUT2D eigenvalue weighted by Crippen LogP contribution is 2.41. The molecule has 7 heteroatoms. The second-order valence-corrected chi connectivity index (χ2v) is 10.00. The highest BCUT2D eigenvalue weighted by atomic mass is 32.1. The van der Waals surface area contributed by atoms with Crippen molar-refractivity contribution in [1.82, 2.24) is 9.55 Å². The van der Waals surface area contributed by atoms with Gasteiger partial charge in [-0.05, 0) is 48.3 Å². The molecule has 158 valence electrons. The molecule has 1 N–H and O–H groups in total. The summed E-state index contributed by atoms with van der Waals surface area (Å²) in [4.78, 5) is 32.3. The molecule has 0 aliphatic heterocycles. The van der Waals surface area contributed by atoms with Crippen LogP contribution in [0.15, 0.2) is 35.4 Å². The number of thiophene rings is 1. The molecule has 1 amide bonds. The lowest BCUT2D eigenvalue weighted by atomic mass is 9.72. The smallest absolute Gasteiger partial charge is 0.262 e. The predicted molar refractivity (Wildman–Crippen MR) is 120 cm³/mol. The zero-order valence-electron chi connectivity index (χ0n) is 17.8. The molecular formula is C23H27N3O3S. The lowest BCUT2D eigenvalue weighted by Crippen LogP contribution is -2.29. The van der Waals surface area contributed by atoms with Crippen molar-refractivity contribution in [3.05, 3.63) is 51.4 Å². The molecule has 3 aromatic rings. The lowest BCUT2D eigenvalue weighted by Gasteiger charge is -2.33. The van der Waals surface area contributed by atoms with Gasteiger partial charge in [0.25, 0.3) is 5.56 Å². The topological polar surface area (TPSA) is 73.2 Å². The van der Waals surface area contributed by atoms with Crippen molar-refractivity contribution in [2.75, 3.05) is 12.4 Å². The van der Waals surface area contributed by atoms with E-state index in [1.165, 1.54) is 15.8 Å². The van der Waals surface area contributed by atoms with E-state index >= 15 is 0 Å². The molecule has 0 fully saturated rings. The number of rotatable bonds is 4. The molecule has 1 atom stereocenters. The van der Waals surface area contributed by atoms with Crippen LogP contribution in [0.5, 0.6) is 5.75 Å². The molecule has 1 aliphatic carbocycles. The summed E-state index contributed by atoms with van der Waals surface area (Å²) in [7, 11) is 1.55. The number of hydrogen-bond donors (Lipinski definition) is 1. The van der Waals surface area contributed by atoms with E-state index in [2.05, 4.69) is 31.1 Å². The van der Waals surface area contributed by atoms with E-state index in [-0.39, 0.29) is 23.4 Å². The predicted octanol–water partition coefficient (Wildman–Crippen LogP) is 4.26. The average Bonchev–Trinajstić information content (AvgIpc) is 3.08. The maximum Gasteiger partial charge on any atom is 0.262 e. The van der Waals surface area contributed by atoms with Gasteiger partial charge in [0.05, 0.1) is 24.5 Å². The second-order valence-electron chi connectivity index (χ2n) is 8.92. The number of carbonyl (C=O) groups excluding carboxylic acids is 1. The van der Waals surface area contributed by atoms with Gasteiger partial charge in [-0.25, -0.2) is 4.98 Å². The summed E-state index contributed by atoms with van der Waals surface area (Å²) in [5.41, 5.74) is 1.82. The second kappa shape index (κ2) is 7.87. The van der Waals surface area contributed by atoms with Crippen LogP contribution in [0.3, 0.4) is 0 Å². The van der Waals surface area contributed by atoms with Crippen LogP contribution in [0.25, 0.3) is 10.2 Å². The number of aryl methyl sites for hydroxylation is 1. The van der Waals surface area contributed by atoms with E-state index in [4.69, 9.17) is 4.74 Å². The summed E-state index contributed by atoms with van der Waals surface area (Å²) >= 11 is 1.63. The summed E-state index contributed by atoms with van der Waals surface area (Å²) in [5, 5.41) is 3.50. The number of benzene rings is 1. The zero-order chi connectivity index (χ0) is 21.5. The number of ether oxygens (including phenoxy) is 1. The number of amides is 1. The van der Waals surface area contributed by atoms with E-state index in [0.29, 0.717) is 22.7 Å². The van der Waals surface area contributed by atoms with E-state index in [1.807, 2.05) is 12.1 Å². The molecule has 2 heterocycles. The van der Waals surface area contributed by atoms with Gasteiger partial charge in [-0.1, -0.05) is 32.9 Å². The number of fused-ring (bicyclic) bond motifs is 3. The third kappa shape index (κ3) is 3.86. The lowest BCUT2D eigenvalue weighted by molar-refractivity contribution is -0.116. The SMILES string of the molecule is COc1ccccc1NC(=O)Cn1cnc2sc3c(c2c1=O)CCC(C(C)(C)C)C3. The first-order chi connectivity index (χ1) is 14.3. The number of hydrogen-bond acceptors (Lipinski definition) is 5. The van der Waals surface area contributed by atoms with Gasteiger partial charge in [0.1, 0.15) is 17.1 Å². The average molecular weight is 426 g/mol. The Labute approximate surface area is 179 Å². The van der Waals surface area contributed by atoms with Gasteiger partial charge in [-0.15, -0.1) is 11.3 Å². The van der Waals surface area contributed by atoms with Gasteiger partial charge in [-0.3, -0.25) is 14.2 Å². The van der Waals surface area contributed by atoms with E-state index in [1.54, 1.807) is 30.6 Å². The van der Waals surface area contributed by atoms with Gasteiger partial charge >= 0.3 is 0 Å². The highest BCUT2D eigenvalue weighted by Gasteiger charge is 2.31. The van der Waals surface area contributed by atoms with Gasteiger partial charge in [-0.2, -0.15) is 0 Å². The normalized spacial score (nSPS) is 16.3. The van der Waals surface area contributed by atoms with Crippen LogP contribution in [0.1, 0.15) is 37.6 Å². The summed E-state index contributed by atoms with van der Waals surface area (Å²) in [6.07, 6.45) is 4.44. The molecule has 0 saturated carbocycles. The number of nitrogens with one attached hydrogen (secondary N) is 1. The minimum absolute atomic E-state index is 0.0882. The monoisotopic (exact) mass is 425 g/mol. The number of anilines is 1. The summed E-state index contributed by atoms with van der Waals surface area (Å²) in [5.74, 6) is 0.888. The van der Waals surface area contributed by atoms with E-state index < -0.39 is 0 Å². The Bertz CT molecular complexity index is 1160.